The summed E-state index contributed by atoms with van der Waals surface area (Å²) in [6, 6.07) is -1.19. The van der Waals surface area contributed by atoms with Crippen LogP contribution >= 0.6 is 0 Å². The van der Waals surface area contributed by atoms with Crippen LogP contribution in [-0.2, 0) is 19.2 Å². The highest BCUT2D eigenvalue weighted by Gasteiger charge is 2.44. The van der Waals surface area contributed by atoms with E-state index in [1.807, 2.05) is 6.92 Å². The van der Waals surface area contributed by atoms with E-state index in [0.29, 0.717) is 44.3 Å². The number of amides is 4. The first-order chi connectivity index (χ1) is 18.6. The quantitative estimate of drug-likeness (QED) is 0.109. The first-order valence-corrected chi connectivity index (χ1v) is 13.1. The van der Waals surface area contributed by atoms with E-state index in [-0.39, 0.29) is 30.8 Å². The number of aromatic nitrogens is 2. The number of nitrogens with zero attached hydrogens (tertiary/aromatic N) is 3. The van der Waals surface area contributed by atoms with Crippen molar-refractivity contribution in [2.75, 3.05) is 32.9 Å². The molecule has 0 radical (unpaired) electrons. The molecule has 1 fully saturated rings. The van der Waals surface area contributed by atoms with Crippen molar-refractivity contribution in [2.45, 2.75) is 64.5 Å². The van der Waals surface area contributed by atoms with Gasteiger partial charge < -0.3 is 36.4 Å². The van der Waals surface area contributed by atoms with Crippen molar-refractivity contribution in [3.63, 3.8) is 0 Å². The zero-order chi connectivity index (χ0) is 28.8. The number of carbonyl (C=O) groups is 4. The van der Waals surface area contributed by atoms with Gasteiger partial charge in [0, 0.05) is 38.3 Å². The lowest BCUT2D eigenvalue weighted by atomic mass is 9.85. The zero-order valence-corrected chi connectivity index (χ0v) is 22.7. The molecule has 0 unspecified atom stereocenters. The van der Waals surface area contributed by atoms with Gasteiger partial charge in [-0.15, -0.1) is 0 Å². The van der Waals surface area contributed by atoms with E-state index >= 15 is 0 Å². The van der Waals surface area contributed by atoms with E-state index < -0.39 is 36.0 Å². The Morgan fingerprint density at radius 2 is 1.77 bits per heavy atom. The minimum Gasteiger partial charge on any atom is -0.479 e. The molecule has 39 heavy (non-hydrogen) atoms. The van der Waals surface area contributed by atoms with Crippen LogP contribution in [0.2, 0.25) is 0 Å². The number of aliphatic hydroxyl groups excluding tert-OH is 1. The third-order valence-electron chi connectivity index (χ3n) is 6.48. The van der Waals surface area contributed by atoms with E-state index in [9.17, 15) is 19.2 Å². The molecule has 6 N–H and O–H groups in total. The van der Waals surface area contributed by atoms with Crippen LogP contribution in [0.25, 0.3) is 0 Å². The fourth-order valence-corrected chi connectivity index (χ4v) is 4.12. The Morgan fingerprint density at radius 3 is 2.36 bits per heavy atom. The van der Waals surface area contributed by atoms with Crippen LogP contribution in [0.4, 0.5) is 0 Å². The molecule has 1 saturated heterocycles. The minimum absolute atomic E-state index is 0.161. The summed E-state index contributed by atoms with van der Waals surface area (Å²) in [4.78, 5) is 60.4. The summed E-state index contributed by atoms with van der Waals surface area (Å²) in [6.45, 7) is 6.74. The standard InChI is InChI=1S/C26H39N7O6/c1-4-33-12-10-26(11-13-33,24(38)27-16-21(36)30-17-34)32-23(37)22(18(2)3)31-20(35)9-7-5-6-8-19-14-28-25(39)29-15-19/h14-15,18,22,34H,4-5,7,9-13,16-17H2,1-3H3,(H,27,38)(H,30,36)(H,31,35)(H,32,37)(H,28,29,39)/t22-/m0/s1. The molecule has 1 aliphatic rings. The summed E-state index contributed by atoms with van der Waals surface area (Å²) < 4.78 is 0. The van der Waals surface area contributed by atoms with E-state index in [1.54, 1.807) is 13.8 Å². The molecule has 2 rings (SSSR count). The van der Waals surface area contributed by atoms with Gasteiger partial charge in [-0.05, 0) is 31.7 Å². The predicted octanol–water partition coefficient (Wildman–Crippen LogP) is -1.00. The fraction of sp³-hybridized carbons (Fsp3) is 0.615. The summed E-state index contributed by atoms with van der Waals surface area (Å²) in [5.41, 5.74) is -0.682. The average molecular weight is 546 g/mol. The van der Waals surface area contributed by atoms with Crippen molar-refractivity contribution in [1.29, 1.82) is 0 Å². The van der Waals surface area contributed by atoms with Crippen molar-refractivity contribution in [1.82, 2.24) is 36.1 Å². The highest BCUT2D eigenvalue weighted by Crippen LogP contribution is 2.23. The largest absolute Gasteiger partial charge is 0.479 e. The van der Waals surface area contributed by atoms with E-state index in [4.69, 9.17) is 10.2 Å². The number of aromatic hydroxyl groups is 1. The van der Waals surface area contributed by atoms with Gasteiger partial charge in [0.2, 0.25) is 23.6 Å². The van der Waals surface area contributed by atoms with Crippen molar-refractivity contribution in [3.8, 4) is 17.9 Å². The molecule has 2 heterocycles. The third-order valence-corrected chi connectivity index (χ3v) is 6.48. The second-order valence-corrected chi connectivity index (χ2v) is 9.66. The average Bonchev–Trinajstić information content (AvgIpc) is 2.91. The van der Waals surface area contributed by atoms with Crippen LogP contribution in [-0.4, -0.2) is 93.2 Å². The lowest BCUT2D eigenvalue weighted by Gasteiger charge is -2.41. The number of hydrogen-bond acceptors (Lipinski definition) is 9. The van der Waals surface area contributed by atoms with E-state index in [2.05, 4.69) is 48.0 Å². The topological polar surface area (TPSA) is 186 Å². The van der Waals surface area contributed by atoms with Crippen molar-refractivity contribution < 1.29 is 29.4 Å². The van der Waals surface area contributed by atoms with Crippen LogP contribution in [0, 0.1) is 17.8 Å². The molecular formula is C26H39N7O6. The maximum Gasteiger partial charge on any atom is 0.313 e. The van der Waals surface area contributed by atoms with Gasteiger partial charge in [-0.3, -0.25) is 19.2 Å². The van der Waals surface area contributed by atoms with Gasteiger partial charge in [0.15, 0.2) is 0 Å². The van der Waals surface area contributed by atoms with Gasteiger partial charge in [0.1, 0.15) is 18.3 Å². The number of hydrogen-bond donors (Lipinski definition) is 6. The lowest BCUT2D eigenvalue weighted by molar-refractivity contribution is -0.138. The molecule has 4 amide bonds. The molecule has 0 aliphatic carbocycles. The number of carbonyl (C=O) groups excluding carboxylic acids is 4. The first kappa shape index (κ1) is 31.5. The Labute approximate surface area is 228 Å². The summed E-state index contributed by atoms with van der Waals surface area (Å²) >= 11 is 0. The van der Waals surface area contributed by atoms with Gasteiger partial charge in [0.05, 0.1) is 12.1 Å². The molecule has 0 bridgehead atoms. The Hall–Kier alpha value is -3.76. The van der Waals surface area contributed by atoms with Crippen molar-refractivity contribution in [3.05, 3.63) is 18.0 Å². The Kier molecular flexibility index (Phi) is 12.6. The Morgan fingerprint density at radius 1 is 1.10 bits per heavy atom. The normalized spacial score (nSPS) is 15.4. The fourth-order valence-electron chi connectivity index (χ4n) is 4.12. The van der Waals surface area contributed by atoms with Crippen LogP contribution < -0.4 is 21.3 Å². The summed E-state index contributed by atoms with van der Waals surface area (Å²) in [5, 5.41) is 28.4. The lowest BCUT2D eigenvalue weighted by Crippen LogP contribution is -2.66. The molecule has 0 spiro atoms. The maximum atomic E-state index is 13.4. The monoisotopic (exact) mass is 545 g/mol. The zero-order valence-electron chi connectivity index (χ0n) is 22.7. The molecule has 1 aromatic rings. The number of nitrogens with one attached hydrogen (secondary N) is 4. The van der Waals surface area contributed by atoms with Crippen molar-refractivity contribution in [2.24, 2.45) is 5.92 Å². The Balaban J connectivity index is 1.98. The van der Waals surface area contributed by atoms with Gasteiger partial charge in [-0.1, -0.05) is 32.6 Å². The molecular weight excluding hydrogens is 506 g/mol. The molecule has 1 aliphatic heterocycles. The summed E-state index contributed by atoms with van der Waals surface area (Å²) in [6.07, 6.45) is 4.57. The maximum absolute atomic E-state index is 13.4. The van der Waals surface area contributed by atoms with E-state index in [0.717, 1.165) is 6.54 Å². The molecule has 13 heteroatoms. The molecule has 0 saturated carbocycles. The van der Waals surface area contributed by atoms with Gasteiger partial charge in [0.25, 0.3) is 0 Å². The van der Waals surface area contributed by atoms with Gasteiger partial charge >= 0.3 is 6.01 Å². The number of rotatable bonds is 12. The number of unbranched alkanes of at least 4 members (excludes halogenated alkanes) is 1. The summed E-state index contributed by atoms with van der Waals surface area (Å²) in [5.74, 6) is 3.73. The van der Waals surface area contributed by atoms with E-state index in [1.165, 1.54) is 12.4 Å². The van der Waals surface area contributed by atoms with Crippen LogP contribution in [0.3, 0.4) is 0 Å². The number of piperidine rings is 1. The van der Waals surface area contributed by atoms with Crippen LogP contribution in [0.1, 0.15) is 58.4 Å². The number of likely N-dealkylation sites (tertiary alicyclic amines) is 1. The van der Waals surface area contributed by atoms with Crippen LogP contribution in [0.15, 0.2) is 12.4 Å². The minimum atomic E-state index is -1.23. The smallest absolute Gasteiger partial charge is 0.313 e. The molecule has 1 atom stereocenters. The third kappa shape index (κ3) is 10.1. The van der Waals surface area contributed by atoms with Gasteiger partial charge in [-0.2, -0.15) is 0 Å². The summed E-state index contributed by atoms with van der Waals surface area (Å²) in [7, 11) is 0. The first-order valence-electron chi connectivity index (χ1n) is 13.1. The van der Waals surface area contributed by atoms with Gasteiger partial charge in [-0.25, -0.2) is 9.97 Å². The highest BCUT2D eigenvalue weighted by molar-refractivity contribution is 5.96. The second-order valence-electron chi connectivity index (χ2n) is 9.66. The predicted molar refractivity (Wildman–Crippen MR) is 142 cm³/mol. The highest BCUT2D eigenvalue weighted by atomic mass is 16.3. The molecule has 1 aromatic heterocycles. The molecule has 0 aromatic carbocycles. The molecule has 214 valence electrons. The second kappa shape index (κ2) is 15.6. The SMILES string of the molecule is CCN1CCC(NC(=O)[C@@H](NC(=O)CCCC#Cc2cnc(O)nc2)C(C)C)(C(=O)NCC(=O)NCO)CC1. The van der Waals surface area contributed by atoms with Crippen molar-refractivity contribution >= 4 is 23.6 Å². The number of aliphatic hydroxyl groups is 1. The Bertz CT molecular complexity index is 1040. The molecule has 13 nitrogen and oxygen atoms in total. The van der Waals surface area contributed by atoms with Crippen LogP contribution in [0.5, 0.6) is 6.01 Å².